The van der Waals surface area contributed by atoms with Crippen LogP contribution in [0.2, 0.25) is 0 Å². The maximum Gasteiger partial charge on any atom is 0.247 e. The quantitative estimate of drug-likeness (QED) is 0.614. The van der Waals surface area contributed by atoms with E-state index in [0.29, 0.717) is 19.0 Å². The Labute approximate surface area is 157 Å². The summed E-state index contributed by atoms with van der Waals surface area (Å²) in [6.45, 7) is 3.49. The molecule has 9 nitrogen and oxygen atoms in total. The van der Waals surface area contributed by atoms with Gasteiger partial charge in [0.1, 0.15) is 18.0 Å². The maximum absolute atomic E-state index is 4.41. The van der Waals surface area contributed by atoms with Crippen molar-refractivity contribution in [2.24, 2.45) is 0 Å². The summed E-state index contributed by atoms with van der Waals surface area (Å²) in [6, 6.07) is 11.8. The van der Waals surface area contributed by atoms with E-state index < -0.39 is 0 Å². The van der Waals surface area contributed by atoms with Crippen molar-refractivity contribution in [3.63, 3.8) is 0 Å². The highest BCUT2D eigenvalue weighted by Crippen LogP contribution is 2.19. The standard InChI is InChI=1S/C18H23N9/c1-3-7-15(8-4-1)27-18(23-24-25-27)20-10-9-19-16-13-17(22-14-21-16)26-11-5-2-6-12-26/h1,3-4,7-8,13-14H,2,5-6,9-12H2,(H,19,21,22)(H,20,23,25). The lowest BCUT2D eigenvalue weighted by molar-refractivity contribution is 0.573. The molecule has 2 aromatic heterocycles. The number of hydrogen-bond acceptors (Lipinski definition) is 8. The van der Waals surface area contributed by atoms with Gasteiger partial charge in [0.15, 0.2) is 0 Å². The minimum absolute atomic E-state index is 0.611. The van der Waals surface area contributed by atoms with Gasteiger partial charge in [-0.3, -0.25) is 0 Å². The van der Waals surface area contributed by atoms with Crippen molar-refractivity contribution < 1.29 is 0 Å². The highest BCUT2D eigenvalue weighted by Gasteiger charge is 2.12. The van der Waals surface area contributed by atoms with E-state index >= 15 is 0 Å². The van der Waals surface area contributed by atoms with Crippen molar-refractivity contribution in [2.45, 2.75) is 19.3 Å². The molecule has 0 spiro atoms. The van der Waals surface area contributed by atoms with Gasteiger partial charge in [0.25, 0.3) is 0 Å². The van der Waals surface area contributed by atoms with Gasteiger partial charge in [-0.15, -0.1) is 0 Å². The Hall–Kier alpha value is -3.23. The number of nitrogens with one attached hydrogen (secondary N) is 2. The molecule has 3 heterocycles. The van der Waals surface area contributed by atoms with E-state index in [9.17, 15) is 0 Å². The minimum atomic E-state index is 0.611. The van der Waals surface area contributed by atoms with Crippen molar-refractivity contribution in [2.75, 3.05) is 41.7 Å². The van der Waals surface area contributed by atoms with Gasteiger partial charge < -0.3 is 15.5 Å². The second kappa shape index (κ2) is 8.43. The second-order valence-corrected chi connectivity index (χ2v) is 6.41. The summed E-state index contributed by atoms with van der Waals surface area (Å²) in [6.07, 6.45) is 5.39. The van der Waals surface area contributed by atoms with Crippen LogP contribution in [0.25, 0.3) is 5.69 Å². The van der Waals surface area contributed by atoms with Gasteiger partial charge in [-0.05, 0) is 41.8 Å². The highest BCUT2D eigenvalue weighted by atomic mass is 15.6. The fourth-order valence-electron chi connectivity index (χ4n) is 3.14. The van der Waals surface area contributed by atoms with Gasteiger partial charge in [0.2, 0.25) is 5.95 Å². The number of tetrazole rings is 1. The number of nitrogens with zero attached hydrogens (tertiary/aromatic N) is 7. The van der Waals surface area contributed by atoms with Gasteiger partial charge in [-0.2, -0.15) is 4.68 Å². The maximum atomic E-state index is 4.41. The van der Waals surface area contributed by atoms with E-state index in [1.165, 1.54) is 19.3 Å². The largest absolute Gasteiger partial charge is 0.368 e. The predicted molar refractivity (Wildman–Crippen MR) is 104 cm³/mol. The van der Waals surface area contributed by atoms with Crippen LogP contribution < -0.4 is 15.5 Å². The molecule has 1 saturated heterocycles. The summed E-state index contributed by atoms with van der Waals surface area (Å²) in [5.41, 5.74) is 0.917. The second-order valence-electron chi connectivity index (χ2n) is 6.41. The first-order valence-electron chi connectivity index (χ1n) is 9.29. The fourth-order valence-corrected chi connectivity index (χ4v) is 3.14. The van der Waals surface area contributed by atoms with Crippen molar-refractivity contribution >= 4 is 17.6 Å². The van der Waals surface area contributed by atoms with Crippen molar-refractivity contribution in [3.05, 3.63) is 42.7 Å². The van der Waals surface area contributed by atoms with Crippen molar-refractivity contribution in [1.29, 1.82) is 0 Å². The Morgan fingerprint density at radius 2 is 1.74 bits per heavy atom. The minimum Gasteiger partial charge on any atom is -0.368 e. The normalized spacial score (nSPS) is 14.1. The molecule has 1 aromatic carbocycles. The summed E-state index contributed by atoms with van der Waals surface area (Å²) in [7, 11) is 0. The molecule has 0 atom stereocenters. The molecule has 1 aliphatic rings. The summed E-state index contributed by atoms with van der Waals surface area (Å²) in [4.78, 5) is 11.0. The average molecular weight is 365 g/mol. The first kappa shape index (κ1) is 17.2. The Kier molecular flexibility index (Phi) is 5.37. The lowest BCUT2D eigenvalue weighted by atomic mass is 10.1. The molecular formula is C18H23N9. The van der Waals surface area contributed by atoms with Gasteiger partial charge in [0, 0.05) is 32.2 Å². The van der Waals surface area contributed by atoms with E-state index in [1.54, 1.807) is 11.0 Å². The average Bonchev–Trinajstić information content (AvgIpc) is 3.21. The lowest BCUT2D eigenvalue weighted by Crippen LogP contribution is -2.30. The van der Waals surface area contributed by atoms with Gasteiger partial charge in [-0.1, -0.05) is 23.3 Å². The van der Waals surface area contributed by atoms with E-state index in [1.807, 2.05) is 36.4 Å². The van der Waals surface area contributed by atoms with Crippen LogP contribution in [0.15, 0.2) is 42.7 Å². The molecule has 3 aromatic rings. The third-order valence-electron chi connectivity index (χ3n) is 4.52. The number of rotatable bonds is 7. The number of para-hydroxylation sites is 1. The Balaban J connectivity index is 1.30. The molecule has 2 N–H and O–H groups in total. The molecule has 0 bridgehead atoms. The molecule has 9 heteroatoms. The summed E-state index contributed by atoms with van der Waals surface area (Å²) >= 11 is 0. The zero-order chi connectivity index (χ0) is 18.3. The SMILES string of the molecule is c1ccc(-n2nnnc2NCCNc2cc(N3CCCCC3)ncn2)cc1. The fraction of sp³-hybridized carbons (Fsp3) is 0.389. The molecule has 4 rings (SSSR count). The highest BCUT2D eigenvalue weighted by molar-refractivity contribution is 5.48. The molecule has 0 saturated carbocycles. The molecule has 0 unspecified atom stereocenters. The molecule has 0 amide bonds. The summed E-state index contributed by atoms with van der Waals surface area (Å²) < 4.78 is 1.68. The predicted octanol–water partition coefficient (Wildman–Crippen LogP) is 1.97. The van der Waals surface area contributed by atoms with Crippen LogP contribution in [0.4, 0.5) is 17.6 Å². The number of piperidine rings is 1. The molecule has 0 aliphatic carbocycles. The van der Waals surface area contributed by atoms with Crippen LogP contribution in [0, 0.1) is 0 Å². The Morgan fingerprint density at radius 1 is 0.926 bits per heavy atom. The molecule has 1 aliphatic heterocycles. The number of hydrogen-bond donors (Lipinski definition) is 2. The number of anilines is 3. The lowest BCUT2D eigenvalue weighted by Gasteiger charge is -2.27. The number of aromatic nitrogens is 6. The smallest absolute Gasteiger partial charge is 0.247 e. The molecule has 1 fully saturated rings. The molecular weight excluding hydrogens is 342 g/mol. The molecule has 0 radical (unpaired) electrons. The molecule has 27 heavy (non-hydrogen) atoms. The first-order valence-corrected chi connectivity index (χ1v) is 9.29. The number of benzene rings is 1. The topological polar surface area (TPSA) is 96.7 Å². The third-order valence-corrected chi connectivity index (χ3v) is 4.52. The van der Waals surface area contributed by atoms with E-state index in [2.05, 4.69) is 41.0 Å². The van der Waals surface area contributed by atoms with Crippen molar-refractivity contribution in [3.8, 4) is 5.69 Å². The monoisotopic (exact) mass is 365 g/mol. The van der Waals surface area contributed by atoms with Crippen LogP contribution >= 0.6 is 0 Å². The van der Waals surface area contributed by atoms with E-state index in [-0.39, 0.29) is 0 Å². The van der Waals surface area contributed by atoms with Crippen LogP contribution in [0.1, 0.15) is 19.3 Å². The van der Waals surface area contributed by atoms with Gasteiger partial charge in [-0.25, -0.2) is 9.97 Å². The Bertz CT molecular complexity index is 843. The van der Waals surface area contributed by atoms with Crippen molar-refractivity contribution in [1.82, 2.24) is 30.2 Å². The van der Waals surface area contributed by atoms with Gasteiger partial charge in [0.05, 0.1) is 5.69 Å². The van der Waals surface area contributed by atoms with Crippen LogP contribution in [0.3, 0.4) is 0 Å². The van der Waals surface area contributed by atoms with Gasteiger partial charge >= 0.3 is 0 Å². The molecule has 140 valence electrons. The van der Waals surface area contributed by atoms with Crippen LogP contribution in [-0.2, 0) is 0 Å². The first-order chi connectivity index (χ1) is 13.4. The zero-order valence-electron chi connectivity index (χ0n) is 15.1. The third kappa shape index (κ3) is 4.30. The zero-order valence-corrected chi connectivity index (χ0v) is 15.1. The van der Waals surface area contributed by atoms with E-state index in [4.69, 9.17) is 0 Å². The summed E-state index contributed by atoms with van der Waals surface area (Å²) in [5.74, 6) is 2.43. The van der Waals surface area contributed by atoms with E-state index in [0.717, 1.165) is 30.4 Å². The van der Waals surface area contributed by atoms with Crippen LogP contribution in [-0.4, -0.2) is 56.4 Å². The van der Waals surface area contributed by atoms with Crippen LogP contribution in [0.5, 0.6) is 0 Å². The Morgan fingerprint density at radius 3 is 2.59 bits per heavy atom. The summed E-state index contributed by atoms with van der Waals surface area (Å²) in [5, 5.41) is 18.4.